The van der Waals surface area contributed by atoms with Gasteiger partial charge in [0.05, 0.1) is 3.79 Å². The molecule has 4 heteroatoms. The molecule has 0 bridgehead atoms. The first-order chi connectivity index (χ1) is 7.54. The topological polar surface area (TPSA) is 15.3 Å². The molecule has 16 heavy (non-hydrogen) atoms. The molecule has 0 saturated heterocycles. The Balaban J connectivity index is 2.57. The molecule has 1 aromatic rings. The van der Waals surface area contributed by atoms with Gasteiger partial charge >= 0.3 is 0 Å². The fourth-order valence-corrected chi connectivity index (χ4v) is 3.14. The van der Waals surface area contributed by atoms with Crippen molar-refractivity contribution in [2.24, 2.45) is 5.92 Å². The van der Waals surface area contributed by atoms with Crippen LogP contribution in [-0.2, 0) is 6.54 Å². The van der Waals surface area contributed by atoms with Crippen LogP contribution < -0.4 is 5.32 Å². The van der Waals surface area contributed by atoms with Crippen LogP contribution in [-0.4, -0.2) is 31.6 Å². The van der Waals surface area contributed by atoms with Gasteiger partial charge in [-0.25, -0.2) is 0 Å². The highest BCUT2D eigenvalue weighted by atomic mass is 79.9. The number of hydrogen-bond acceptors (Lipinski definition) is 3. The Morgan fingerprint density at radius 1 is 1.50 bits per heavy atom. The zero-order valence-electron chi connectivity index (χ0n) is 10.5. The van der Waals surface area contributed by atoms with Crippen LogP contribution in [0.2, 0.25) is 0 Å². The summed E-state index contributed by atoms with van der Waals surface area (Å²) in [7, 11) is 4.22. The largest absolute Gasteiger partial charge is 0.318 e. The first-order valence-electron chi connectivity index (χ1n) is 5.62. The molecule has 0 aromatic carbocycles. The molecule has 1 atom stereocenters. The van der Waals surface area contributed by atoms with Crippen LogP contribution in [0.1, 0.15) is 19.4 Å². The summed E-state index contributed by atoms with van der Waals surface area (Å²) < 4.78 is 1.21. The molecule has 0 aliphatic carbocycles. The van der Waals surface area contributed by atoms with Crippen molar-refractivity contribution < 1.29 is 0 Å². The average Bonchev–Trinajstić information content (AvgIpc) is 2.59. The molecule has 0 amide bonds. The van der Waals surface area contributed by atoms with E-state index in [1.54, 1.807) is 11.3 Å². The number of likely N-dealkylation sites (N-methyl/N-ethyl adjacent to an activating group) is 2. The van der Waals surface area contributed by atoms with Crippen molar-refractivity contribution in [1.82, 2.24) is 10.2 Å². The minimum atomic E-state index is 0.587. The number of hydrogen-bond donors (Lipinski definition) is 1. The molecule has 0 radical (unpaired) electrons. The van der Waals surface area contributed by atoms with Gasteiger partial charge in [0, 0.05) is 19.1 Å². The molecule has 2 nitrogen and oxygen atoms in total. The average molecular weight is 305 g/mol. The van der Waals surface area contributed by atoms with Crippen molar-refractivity contribution in [2.45, 2.75) is 26.4 Å². The quantitative estimate of drug-likeness (QED) is 0.868. The summed E-state index contributed by atoms with van der Waals surface area (Å²) in [5.74, 6) is 0.666. The van der Waals surface area contributed by atoms with E-state index in [0.29, 0.717) is 12.0 Å². The second kappa shape index (κ2) is 6.74. The molecular formula is C12H21BrN2S. The van der Waals surface area contributed by atoms with Crippen LogP contribution >= 0.6 is 27.3 Å². The Kier molecular flexibility index (Phi) is 5.97. The predicted octanol–water partition coefficient (Wildman–Crippen LogP) is 3.19. The predicted molar refractivity (Wildman–Crippen MR) is 76.0 cm³/mol. The van der Waals surface area contributed by atoms with Crippen molar-refractivity contribution >= 4 is 27.3 Å². The summed E-state index contributed by atoms with van der Waals surface area (Å²) >= 11 is 5.26. The van der Waals surface area contributed by atoms with Gasteiger partial charge in [-0.1, -0.05) is 13.8 Å². The van der Waals surface area contributed by atoms with Gasteiger partial charge in [-0.2, -0.15) is 0 Å². The van der Waals surface area contributed by atoms with Crippen LogP contribution in [0.15, 0.2) is 15.2 Å². The molecule has 0 aliphatic heterocycles. The molecule has 1 N–H and O–H groups in total. The SMILES string of the molecule is CNCC(C(C)C)N(C)Cc1csc(Br)c1. The number of nitrogens with one attached hydrogen (secondary N) is 1. The van der Waals surface area contributed by atoms with Gasteiger partial charge in [0.15, 0.2) is 0 Å². The van der Waals surface area contributed by atoms with E-state index in [1.807, 2.05) is 7.05 Å². The molecule has 1 rings (SSSR count). The van der Waals surface area contributed by atoms with Crippen LogP contribution in [0, 0.1) is 5.92 Å². The highest BCUT2D eigenvalue weighted by Gasteiger charge is 2.18. The van der Waals surface area contributed by atoms with Crippen LogP contribution in [0.3, 0.4) is 0 Å². The maximum absolute atomic E-state index is 3.51. The second-order valence-corrected chi connectivity index (χ2v) is 6.83. The van der Waals surface area contributed by atoms with Crippen LogP contribution in [0.4, 0.5) is 0 Å². The van der Waals surface area contributed by atoms with E-state index in [9.17, 15) is 0 Å². The lowest BCUT2D eigenvalue weighted by Crippen LogP contribution is -2.42. The highest BCUT2D eigenvalue weighted by Crippen LogP contribution is 2.22. The van der Waals surface area contributed by atoms with E-state index in [1.165, 1.54) is 9.35 Å². The molecule has 0 aliphatic rings. The first-order valence-corrected chi connectivity index (χ1v) is 7.29. The van der Waals surface area contributed by atoms with Gasteiger partial charge in [-0.3, -0.25) is 4.90 Å². The minimum absolute atomic E-state index is 0.587. The molecule has 0 saturated carbocycles. The van der Waals surface area contributed by atoms with Gasteiger partial charge in [0.25, 0.3) is 0 Å². The number of rotatable bonds is 6. The van der Waals surface area contributed by atoms with Gasteiger partial charge in [0.2, 0.25) is 0 Å². The van der Waals surface area contributed by atoms with Crippen molar-refractivity contribution in [1.29, 1.82) is 0 Å². The Hall–Kier alpha value is 0.100. The Bertz CT molecular complexity index is 312. The summed E-state index contributed by atoms with van der Waals surface area (Å²) in [6, 6.07) is 2.79. The summed E-state index contributed by atoms with van der Waals surface area (Å²) in [4.78, 5) is 2.43. The highest BCUT2D eigenvalue weighted by molar-refractivity contribution is 9.11. The van der Waals surface area contributed by atoms with Gasteiger partial charge in [-0.15, -0.1) is 11.3 Å². The van der Waals surface area contributed by atoms with E-state index in [4.69, 9.17) is 0 Å². The third kappa shape index (κ3) is 4.17. The molecule has 1 aromatic heterocycles. The standard InChI is InChI=1S/C12H21BrN2S/c1-9(2)11(6-14-3)15(4)7-10-5-12(13)16-8-10/h5,8-9,11,14H,6-7H2,1-4H3. The van der Waals surface area contributed by atoms with E-state index in [0.717, 1.165) is 13.1 Å². The van der Waals surface area contributed by atoms with Crippen molar-refractivity contribution in [3.05, 3.63) is 20.8 Å². The van der Waals surface area contributed by atoms with Gasteiger partial charge in [0.1, 0.15) is 0 Å². The van der Waals surface area contributed by atoms with Crippen molar-refractivity contribution in [3.63, 3.8) is 0 Å². The molecule has 92 valence electrons. The molecule has 0 fully saturated rings. The normalized spacial score (nSPS) is 13.7. The van der Waals surface area contributed by atoms with Gasteiger partial charge in [-0.05, 0) is 53.0 Å². The maximum atomic E-state index is 3.51. The molecule has 0 spiro atoms. The summed E-state index contributed by atoms with van der Waals surface area (Å²) in [5.41, 5.74) is 1.39. The Labute approximate surface area is 111 Å². The van der Waals surface area contributed by atoms with Gasteiger partial charge < -0.3 is 5.32 Å². The number of thiophene rings is 1. The maximum Gasteiger partial charge on any atom is 0.0701 e. The summed E-state index contributed by atoms with van der Waals surface area (Å²) in [6.45, 7) is 6.62. The third-order valence-electron chi connectivity index (χ3n) is 2.80. The van der Waals surface area contributed by atoms with E-state index in [-0.39, 0.29) is 0 Å². The number of nitrogens with zero attached hydrogens (tertiary/aromatic N) is 1. The lowest BCUT2D eigenvalue weighted by molar-refractivity contribution is 0.182. The Morgan fingerprint density at radius 2 is 2.19 bits per heavy atom. The monoisotopic (exact) mass is 304 g/mol. The fraction of sp³-hybridized carbons (Fsp3) is 0.667. The minimum Gasteiger partial charge on any atom is -0.318 e. The van der Waals surface area contributed by atoms with Crippen LogP contribution in [0.25, 0.3) is 0 Å². The summed E-state index contributed by atoms with van der Waals surface area (Å²) in [5, 5.41) is 5.49. The van der Waals surface area contributed by atoms with E-state index < -0.39 is 0 Å². The molecule has 1 unspecified atom stereocenters. The zero-order valence-corrected chi connectivity index (χ0v) is 12.9. The van der Waals surface area contributed by atoms with Crippen LogP contribution in [0.5, 0.6) is 0 Å². The second-order valence-electron chi connectivity index (χ2n) is 4.54. The van der Waals surface area contributed by atoms with E-state index >= 15 is 0 Å². The smallest absolute Gasteiger partial charge is 0.0701 e. The van der Waals surface area contributed by atoms with Crippen molar-refractivity contribution in [3.8, 4) is 0 Å². The fourth-order valence-electron chi connectivity index (χ4n) is 1.94. The van der Waals surface area contributed by atoms with Crippen molar-refractivity contribution in [2.75, 3.05) is 20.6 Å². The molecule has 1 heterocycles. The lowest BCUT2D eigenvalue weighted by Gasteiger charge is -2.30. The Morgan fingerprint density at radius 3 is 2.62 bits per heavy atom. The first kappa shape index (κ1) is 14.2. The number of halogens is 1. The third-order valence-corrected chi connectivity index (χ3v) is 4.36. The lowest BCUT2D eigenvalue weighted by atomic mass is 10.0. The zero-order chi connectivity index (χ0) is 12.1. The molecular weight excluding hydrogens is 284 g/mol. The summed E-state index contributed by atoms with van der Waals surface area (Å²) in [6.07, 6.45) is 0. The van der Waals surface area contributed by atoms with E-state index in [2.05, 4.69) is 58.5 Å².